The number of nitrogens with one attached hydrogen (secondary N) is 1. The molecule has 0 saturated carbocycles. The lowest BCUT2D eigenvalue weighted by atomic mass is 9.78. The van der Waals surface area contributed by atoms with Crippen molar-refractivity contribution in [1.29, 1.82) is 0 Å². The molecule has 1 fully saturated rings. The van der Waals surface area contributed by atoms with Gasteiger partial charge in [0.1, 0.15) is 12.4 Å². The Balaban J connectivity index is 1.03. The largest absolute Gasteiger partial charge is 0.493 e. The number of hydrogen-bond donors (Lipinski definition) is 1. The monoisotopic (exact) mass is 717 g/mol. The minimum Gasteiger partial charge on any atom is -0.407 e. The number of carbonyl (C=O) groups excluding carboxylic acids is 2. The van der Waals surface area contributed by atoms with Crippen LogP contribution in [0.25, 0.3) is 17.2 Å². The molecule has 1 aliphatic carbocycles. The number of ketones is 1. The zero-order valence-corrected chi connectivity index (χ0v) is 31.0. The molecule has 3 heterocycles. The van der Waals surface area contributed by atoms with E-state index in [1.54, 1.807) is 11.8 Å². The second-order valence-electron chi connectivity index (χ2n) is 13.0. The van der Waals surface area contributed by atoms with Crippen LogP contribution >= 0.6 is 11.8 Å². The van der Waals surface area contributed by atoms with Crippen LogP contribution in [0.1, 0.15) is 58.8 Å². The zero-order valence-electron chi connectivity index (χ0n) is 30.2. The van der Waals surface area contributed by atoms with Crippen molar-refractivity contribution in [1.82, 2.24) is 0 Å². The molecule has 1 saturated heterocycles. The first-order valence-corrected chi connectivity index (χ1v) is 19.5. The van der Waals surface area contributed by atoms with Crippen LogP contribution < -0.4 is 25.1 Å². The summed E-state index contributed by atoms with van der Waals surface area (Å²) in [6.07, 6.45) is 7.98. The van der Waals surface area contributed by atoms with Crippen molar-refractivity contribution in [2.75, 3.05) is 47.2 Å². The van der Waals surface area contributed by atoms with Crippen LogP contribution in [0.3, 0.4) is 0 Å². The highest BCUT2D eigenvalue weighted by molar-refractivity contribution is 8.03. The highest BCUT2D eigenvalue weighted by Crippen LogP contribution is 2.45. The first-order valence-electron chi connectivity index (χ1n) is 18.5. The van der Waals surface area contributed by atoms with Crippen molar-refractivity contribution < 1.29 is 27.9 Å². The van der Waals surface area contributed by atoms with E-state index in [9.17, 15) is 9.59 Å². The van der Waals surface area contributed by atoms with E-state index in [2.05, 4.69) is 70.8 Å². The molecule has 11 heteroatoms. The maximum absolute atomic E-state index is 14.0. The molecule has 1 aromatic heterocycles. The number of aryl methyl sites for hydroxylation is 1. The summed E-state index contributed by atoms with van der Waals surface area (Å²) in [6, 6.07) is 24.1. The third-order valence-corrected chi connectivity index (χ3v) is 10.9. The van der Waals surface area contributed by atoms with Gasteiger partial charge in [-0.05, 0) is 87.7 Å². The Labute approximate surface area is 310 Å². The van der Waals surface area contributed by atoms with Crippen molar-refractivity contribution in [3.05, 3.63) is 107 Å². The predicted molar refractivity (Wildman–Crippen MR) is 211 cm³/mol. The van der Waals surface area contributed by atoms with Crippen LogP contribution in [0.4, 0.5) is 17.1 Å². The van der Waals surface area contributed by atoms with Gasteiger partial charge >= 0.3 is 13.0 Å². The summed E-state index contributed by atoms with van der Waals surface area (Å²) in [5.74, 6) is 2.57. The Morgan fingerprint density at radius 2 is 1.58 bits per heavy atom. The van der Waals surface area contributed by atoms with Gasteiger partial charge in [-0.25, -0.2) is 0 Å². The summed E-state index contributed by atoms with van der Waals surface area (Å²) in [6.45, 7) is 10.1. The fraction of sp³-hybridized carbons (Fsp3) is 0.341. The van der Waals surface area contributed by atoms with Crippen LogP contribution in [-0.4, -0.2) is 50.9 Å². The van der Waals surface area contributed by atoms with Gasteiger partial charge in [0, 0.05) is 60.5 Å². The molecule has 268 valence electrons. The number of rotatable bonds is 14. The molecule has 52 heavy (non-hydrogen) atoms. The van der Waals surface area contributed by atoms with Crippen molar-refractivity contribution in [3.8, 4) is 0 Å². The highest BCUT2D eigenvalue weighted by atomic mass is 32.2. The van der Waals surface area contributed by atoms with Crippen molar-refractivity contribution >= 4 is 70.3 Å². The van der Waals surface area contributed by atoms with Gasteiger partial charge in [-0.15, -0.1) is 11.8 Å². The van der Waals surface area contributed by atoms with Gasteiger partial charge in [0.25, 0.3) is 5.52 Å². The first kappa shape index (κ1) is 35.8. The van der Waals surface area contributed by atoms with Crippen LogP contribution in [0, 0.1) is 0 Å². The van der Waals surface area contributed by atoms with Gasteiger partial charge in [0.15, 0.2) is 5.78 Å². The van der Waals surface area contributed by atoms with Gasteiger partial charge in [-0.1, -0.05) is 42.8 Å². The summed E-state index contributed by atoms with van der Waals surface area (Å²) in [4.78, 5) is 32.2. The lowest BCUT2D eigenvalue weighted by Crippen LogP contribution is -2.40. The number of nitrogens with zero attached hydrogens (tertiary/aromatic N) is 3. The number of allylic oxidation sites excluding steroid dienone is 3. The minimum atomic E-state index is -0.334. The first-order chi connectivity index (χ1) is 25.5. The molecule has 1 N–H and O–H groups in total. The number of aromatic nitrogens is 1. The molecule has 3 aliphatic rings. The number of Topliss-reactive ketones (excluding diaryl/α,β-unsaturated/α-hetero) is 1. The van der Waals surface area contributed by atoms with Crippen LogP contribution in [0.15, 0.2) is 105 Å². The van der Waals surface area contributed by atoms with Crippen LogP contribution in [0.2, 0.25) is 0 Å². The van der Waals surface area contributed by atoms with Crippen molar-refractivity contribution in [2.45, 2.75) is 59.4 Å². The van der Waals surface area contributed by atoms with Gasteiger partial charge in [-0.2, -0.15) is 4.57 Å². The second-order valence-corrected chi connectivity index (χ2v) is 14.1. The quantitative estimate of drug-likeness (QED) is 0.0633. The van der Waals surface area contributed by atoms with E-state index in [0.29, 0.717) is 31.1 Å². The molecule has 4 aromatic rings. The number of unbranched alkanes of at least 4 members (excludes halogenated alkanes) is 2. The predicted octanol–water partition coefficient (Wildman–Crippen LogP) is 7.23. The Morgan fingerprint density at radius 3 is 2.27 bits per heavy atom. The lowest BCUT2D eigenvalue weighted by Gasteiger charge is -2.28. The van der Waals surface area contributed by atoms with Crippen molar-refractivity contribution in [2.24, 2.45) is 0 Å². The maximum atomic E-state index is 14.0. The number of carbonyl (C=O) groups is 2. The molecule has 2 aliphatic heterocycles. The van der Waals surface area contributed by atoms with E-state index in [-0.39, 0.29) is 18.8 Å². The van der Waals surface area contributed by atoms with E-state index in [4.69, 9.17) is 13.7 Å². The summed E-state index contributed by atoms with van der Waals surface area (Å²) in [5, 5.41) is 3.01. The normalized spacial score (nSPS) is 16.6. The molecule has 0 unspecified atom stereocenters. The number of oxazole rings is 1. The Hall–Kier alpha value is -4.58. The lowest BCUT2D eigenvalue weighted by molar-refractivity contribution is -0.674. The molecule has 0 spiro atoms. The number of para-hydroxylation sites is 4. The SMILES string of the molecule is CCN1C(=CC2=C(SCCCCCC(=O)Nc3ccc(B4OCCCO4)cc3)/C(=C\c3oc4ccccc4[n+]3CC)C2=O)N(CC)c2ccccc21. The summed E-state index contributed by atoms with van der Waals surface area (Å²) >= 11 is 1.72. The van der Waals surface area contributed by atoms with Crippen LogP contribution in [0.5, 0.6) is 0 Å². The smallest absolute Gasteiger partial charge is 0.407 e. The summed E-state index contributed by atoms with van der Waals surface area (Å²) < 4.78 is 19.7. The van der Waals surface area contributed by atoms with E-state index >= 15 is 0 Å². The topological polar surface area (TPSA) is 88.1 Å². The molecule has 0 bridgehead atoms. The Kier molecular flexibility index (Phi) is 11.3. The summed E-state index contributed by atoms with van der Waals surface area (Å²) in [7, 11) is -0.334. The molecule has 0 radical (unpaired) electrons. The van der Waals surface area contributed by atoms with E-state index < -0.39 is 0 Å². The molecule has 9 nitrogen and oxygen atoms in total. The number of thioether (sulfide) groups is 1. The summed E-state index contributed by atoms with van der Waals surface area (Å²) in [5.41, 5.74) is 7.28. The van der Waals surface area contributed by atoms with Crippen molar-refractivity contribution in [3.63, 3.8) is 0 Å². The number of anilines is 3. The molecule has 1 amide bonds. The Bertz CT molecular complexity index is 2000. The fourth-order valence-electron chi connectivity index (χ4n) is 7.09. The molecular weight excluding hydrogens is 671 g/mol. The maximum Gasteiger partial charge on any atom is 0.493 e. The third kappa shape index (κ3) is 7.35. The minimum absolute atomic E-state index is 0.00516. The number of hydrogen-bond acceptors (Lipinski definition) is 8. The van der Waals surface area contributed by atoms with E-state index in [1.807, 2.05) is 54.6 Å². The average Bonchev–Trinajstić information content (AvgIpc) is 3.70. The van der Waals surface area contributed by atoms with Gasteiger partial charge in [-0.3, -0.25) is 9.59 Å². The Morgan fingerprint density at radius 1 is 0.885 bits per heavy atom. The molecular formula is C41H46BN4O5S+. The van der Waals surface area contributed by atoms with Gasteiger partial charge in [0.2, 0.25) is 11.5 Å². The number of benzene rings is 3. The number of amides is 1. The van der Waals surface area contributed by atoms with Crippen LogP contribution in [-0.2, 0) is 25.4 Å². The van der Waals surface area contributed by atoms with Gasteiger partial charge < -0.3 is 28.8 Å². The molecule has 0 atom stereocenters. The number of fused-ring (bicyclic) bond motifs is 2. The highest BCUT2D eigenvalue weighted by Gasteiger charge is 2.37. The fourth-order valence-corrected chi connectivity index (χ4v) is 8.26. The zero-order chi connectivity index (χ0) is 36.0. The second kappa shape index (κ2) is 16.4. The van der Waals surface area contributed by atoms with Gasteiger partial charge in [0.05, 0.1) is 17.5 Å². The molecule has 7 rings (SSSR count). The molecule has 3 aromatic carbocycles. The third-order valence-electron chi connectivity index (χ3n) is 9.71. The van der Waals surface area contributed by atoms with E-state index in [0.717, 1.165) is 101 Å². The average molecular weight is 718 g/mol. The standard InChI is InChI=1S/C41H45BN4O5S/c1-4-44-33-15-9-10-16-34(33)45(5-2)38(44)27-31-40(48)32(28-39-46(6-3)35-17-11-12-18-36(35)51-39)41(31)52-26-13-7-8-19-37(47)43-30-22-20-29(21-23-30)42-49-24-14-25-50-42/h9-12,15-18,20-23,27-28H,4-8,13-14,19,24-26H2,1-3H3/p+1. The van der Waals surface area contributed by atoms with E-state index in [1.165, 1.54) is 0 Å².